The molecule has 1 aromatic heterocycles. The standard InChI is InChI=1S/C24H31N5O2/c1-17(2)9-27-22(30)20-13-28(12-19-7-5-4-6-8-19)14-24(20)15-29(16-24)23(31)21-11-25-18(3)10-26-21/h4-8,10-11,17,20H,9,12-16H2,1-3H3,(H,27,30). The van der Waals surface area contributed by atoms with Crippen LogP contribution in [0.3, 0.4) is 0 Å². The van der Waals surface area contributed by atoms with Crippen LogP contribution in [0.1, 0.15) is 35.6 Å². The molecule has 2 aliphatic rings. The highest BCUT2D eigenvalue weighted by Crippen LogP contribution is 2.45. The maximum absolute atomic E-state index is 13.1. The molecule has 1 unspecified atom stereocenters. The molecule has 0 bridgehead atoms. The van der Waals surface area contributed by atoms with Gasteiger partial charge in [-0.3, -0.25) is 19.5 Å². The van der Waals surface area contributed by atoms with E-state index in [1.54, 1.807) is 11.1 Å². The average molecular weight is 422 g/mol. The molecule has 7 nitrogen and oxygen atoms in total. The number of aromatic nitrogens is 2. The second-order valence-corrected chi connectivity index (χ2v) is 9.41. The number of carbonyl (C=O) groups excluding carboxylic acids is 2. The Kier molecular flexibility index (Phi) is 6.05. The first kappa shape index (κ1) is 21.4. The topological polar surface area (TPSA) is 78.4 Å². The number of rotatable bonds is 6. The molecule has 1 aromatic carbocycles. The van der Waals surface area contributed by atoms with Crippen LogP contribution in [0.2, 0.25) is 0 Å². The molecule has 2 saturated heterocycles. The van der Waals surface area contributed by atoms with Gasteiger partial charge in [-0.15, -0.1) is 0 Å². The van der Waals surface area contributed by atoms with Crippen molar-refractivity contribution in [2.45, 2.75) is 27.3 Å². The number of hydrogen-bond acceptors (Lipinski definition) is 5. The van der Waals surface area contributed by atoms with E-state index < -0.39 is 0 Å². The zero-order chi connectivity index (χ0) is 22.0. The SMILES string of the molecule is Cc1cnc(C(=O)N2CC3(CN(Cc4ccccc4)CC3C(=O)NCC(C)C)C2)cn1. The highest BCUT2D eigenvalue weighted by Gasteiger charge is 2.57. The summed E-state index contributed by atoms with van der Waals surface area (Å²) in [6.07, 6.45) is 3.15. The first-order valence-corrected chi connectivity index (χ1v) is 11.0. The molecule has 0 radical (unpaired) electrons. The molecule has 1 N–H and O–H groups in total. The van der Waals surface area contributed by atoms with Crippen LogP contribution in [0.5, 0.6) is 0 Å². The van der Waals surface area contributed by atoms with Crippen LogP contribution < -0.4 is 5.32 Å². The van der Waals surface area contributed by atoms with Gasteiger partial charge in [-0.05, 0) is 18.4 Å². The first-order valence-electron chi connectivity index (χ1n) is 11.0. The van der Waals surface area contributed by atoms with Crippen LogP contribution in [0.4, 0.5) is 0 Å². The van der Waals surface area contributed by atoms with E-state index in [2.05, 4.69) is 46.2 Å². The summed E-state index contributed by atoms with van der Waals surface area (Å²) in [5, 5.41) is 3.12. The minimum Gasteiger partial charge on any atom is -0.356 e. The molecule has 0 aliphatic carbocycles. The van der Waals surface area contributed by atoms with E-state index in [-0.39, 0.29) is 23.1 Å². The minimum absolute atomic E-state index is 0.103. The fourth-order valence-corrected chi connectivity index (χ4v) is 4.67. The van der Waals surface area contributed by atoms with Gasteiger partial charge >= 0.3 is 0 Å². The zero-order valence-corrected chi connectivity index (χ0v) is 18.5. The van der Waals surface area contributed by atoms with Crippen LogP contribution in [0.15, 0.2) is 42.7 Å². The van der Waals surface area contributed by atoms with Gasteiger partial charge in [-0.1, -0.05) is 44.2 Å². The zero-order valence-electron chi connectivity index (χ0n) is 18.5. The molecule has 2 aromatic rings. The average Bonchev–Trinajstić information content (AvgIpc) is 3.11. The number of amides is 2. The number of nitrogens with one attached hydrogen (secondary N) is 1. The van der Waals surface area contributed by atoms with Crippen molar-refractivity contribution in [1.29, 1.82) is 0 Å². The Morgan fingerprint density at radius 1 is 1.13 bits per heavy atom. The van der Waals surface area contributed by atoms with Crippen LogP contribution >= 0.6 is 0 Å². The van der Waals surface area contributed by atoms with E-state index in [4.69, 9.17) is 0 Å². The fourth-order valence-electron chi connectivity index (χ4n) is 4.67. The van der Waals surface area contributed by atoms with Crippen molar-refractivity contribution >= 4 is 11.8 Å². The van der Waals surface area contributed by atoms with Crippen LogP contribution in [-0.2, 0) is 11.3 Å². The maximum Gasteiger partial charge on any atom is 0.274 e. The van der Waals surface area contributed by atoms with E-state index in [0.717, 1.165) is 18.8 Å². The predicted molar refractivity (Wildman–Crippen MR) is 118 cm³/mol. The third-order valence-electron chi connectivity index (χ3n) is 6.27. The molecule has 2 aliphatic heterocycles. The Morgan fingerprint density at radius 2 is 1.87 bits per heavy atom. The molecule has 31 heavy (non-hydrogen) atoms. The molecule has 2 fully saturated rings. The molecular weight excluding hydrogens is 390 g/mol. The predicted octanol–water partition coefficient (Wildman–Crippen LogP) is 2.13. The first-order chi connectivity index (χ1) is 14.9. The number of likely N-dealkylation sites (tertiary alicyclic amines) is 2. The second-order valence-electron chi connectivity index (χ2n) is 9.41. The summed E-state index contributed by atoms with van der Waals surface area (Å²) in [6, 6.07) is 10.3. The van der Waals surface area contributed by atoms with Crippen LogP contribution in [-0.4, -0.2) is 64.3 Å². The quantitative estimate of drug-likeness (QED) is 0.773. The summed E-state index contributed by atoms with van der Waals surface area (Å²) in [5.41, 5.74) is 2.18. The highest BCUT2D eigenvalue weighted by molar-refractivity contribution is 5.93. The maximum atomic E-state index is 13.1. The molecule has 7 heteroatoms. The van der Waals surface area contributed by atoms with Gasteiger partial charge in [0.25, 0.3) is 5.91 Å². The number of benzene rings is 1. The van der Waals surface area contributed by atoms with E-state index in [1.165, 1.54) is 11.8 Å². The van der Waals surface area contributed by atoms with Crippen LogP contribution in [0, 0.1) is 24.2 Å². The molecule has 2 amide bonds. The minimum atomic E-state index is -0.205. The van der Waals surface area contributed by atoms with Gasteiger partial charge in [0, 0.05) is 50.9 Å². The van der Waals surface area contributed by atoms with E-state index in [9.17, 15) is 9.59 Å². The van der Waals surface area contributed by atoms with E-state index in [1.807, 2.05) is 25.1 Å². The van der Waals surface area contributed by atoms with Crippen molar-refractivity contribution in [2.75, 3.05) is 32.7 Å². The number of carbonyl (C=O) groups is 2. The molecule has 1 atom stereocenters. The van der Waals surface area contributed by atoms with Crippen molar-refractivity contribution in [3.05, 3.63) is 59.7 Å². The summed E-state index contributed by atoms with van der Waals surface area (Å²) in [6.45, 7) is 10.2. The number of hydrogen-bond donors (Lipinski definition) is 1. The van der Waals surface area contributed by atoms with Crippen molar-refractivity contribution in [2.24, 2.45) is 17.3 Å². The highest BCUT2D eigenvalue weighted by atomic mass is 16.2. The summed E-state index contributed by atoms with van der Waals surface area (Å²) in [7, 11) is 0. The summed E-state index contributed by atoms with van der Waals surface area (Å²) in [5.74, 6) is 0.275. The van der Waals surface area contributed by atoms with Crippen molar-refractivity contribution in [3.63, 3.8) is 0 Å². The Hall–Kier alpha value is -2.80. The molecule has 4 rings (SSSR count). The van der Waals surface area contributed by atoms with Gasteiger partial charge in [-0.25, -0.2) is 4.98 Å². The van der Waals surface area contributed by atoms with Gasteiger partial charge in [0.05, 0.1) is 17.8 Å². The second kappa shape index (κ2) is 8.75. The summed E-state index contributed by atoms with van der Waals surface area (Å²) in [4.78, 5) is 38.5. The monoisotopic (exact) mass is 421 g/mol. The van der Waals surface area contributed by atoms with Gasteiger partial charge in [-0.2, -0.15) is 0 Å². The van der Waals surface area contributed by atoms with Gasteiger partial charge < -0.3 is 10.2 Å². The molecule has 0 saturated carbocycles. The lowest BCUT2D eigenvalue weighted by atomic mass is 9.71. The smallest absolute Gasteiger partial charge is 0.274 e. The Balaban J connectivity index is 1.47. The third kappa shape index (κ3) is 4.61. The lowest BCUT2D eigenvalue weighted by Crippen LogP contribution is -2.64. The van der Waals surface area contributed by atoms with Gasteiger partial charge in [0.15, 0.2) is 0 Å². The number of nitrogens with zero attached hydrogens (tertiary/aromatic N) is 4. The number of aryl methyl sites for hydroxylation is 1. The largest absolute Gasteiger partial charge is 0.356 e. The lowest BCUT2D eigenvalue weighted by molar-refractivity contribution is -0.131. The Labute approximate surface area is 183 Å². The third-order valence-corrected chi connectivity index (χ3v) is 6.27. The van der Waals surface area contributed by atoms with Crippen molar-refractivity contribution < 1.29 is 9.59 Å². The Morgan fingerprint density at radius 3 is 2.52 bits per heavy atom. The fraction of sp³-hybridized carbons (Fsp3) is 0.500. The van der Waals surface area contributed by atoms with E-state index in [0.29, 0.717) is 37.8 Å². The van der Waals surface area contributed by atoms with Crippen molar-refractivity contribution in [1.82, 2.24) is 25.1 Å². The lowest BCUT2D eigenvalue weighted by Gasteiger charge is -2.50. The molecule has 1 spiro atoms. The van der Waals surface area contributed by atoms with Gasteiger partial charge in [0.1, 0.15) is 5.69 Å². The molecule has 3 heterocycles. The summed E-state index contributed by atoms with van der Waals surface area (Å²) < 4.78 is 0. The normalized spacial score (nSPS) is 20.1. The summed E-state index contributed by atoms with van der Waals surface area (Å²) >= 11 is 0. The van der Waals surface area contributed by atoms with Gasteiger partial charge in [0.2, 0.25) is 5.91 Å². The van der Waals surface area contributed by atoms with Crippen molar-refractivity contribution in [3.8, 4) is 0 Å². The van der Waals surface area contributed by atoms with E-state index >= 15 is 0 Å². The van der Waals surface area contributed by atoms with Crippen LogP contribution in [0.25, 0.3) is 0 Å². The Bertz CT molecular complexity index is 923. The molecule has 164 valence electrons. The molecular formula is C24H31N5O2.